The summed E-state index contributed by atoms with van der Waals surface area (Å²) >= 11 is 1.56. The maximum absolute atomic E-state index is 12.4. The Morgan fingerprint density at radius 2 is 2.10 bits per heavy atom. The lowest BCUT2D eigenvalue weighted by Crippen LogP contribution is -2.11. The molecule has 2 aromatic heterocycles. The third-order valence-electron chi connectivity index (χ3n) is 3.51. The van der Waals surface area contributed by atoms with Gasteiger partial charge in [0.2, 0.25) is 0 Å². The van der Waals surface area contributed by atoms with Gasteiger partial charge in [-0.05, 0) is 38.8 Å². The Labute approximate surface area is 123 Å². The summed E-state index contributed by atoms with van der Waals surface area (Å²) in [4.78, 5) is 14.4. The molecule has 0 radical (unpaired) electrons. The average molecular weight is 291 g/mol. The Hall–Kier alpha value is -1.62. The van der Waals surface area contributed by atoms with Gasteiger partial charge >= 0.3 is 0 Å². The number of nitrogens with zero attached hydrogens (tertiary/aromatic N) is 2. The van der Waals surface area contributed by atoms with Crippen LogP contribution in [0.1, 0.15) is 44.8 Å². The summed E-state index contributed by atoms with van der Waals surface area (Å²) in [6.07, 6.45) is 2.13. The van der Waals surface area contributed by atoms with Gasteiger partial charge in [0.1, 0.15) is 0 Å². The average Bonchev–Trinajstić information content (AvgIpc) is 2.86. The van der Waals surface area contributed by atoms with Crippen LogP contribution in [0.2, 0.25) is 0 Å². The van der Waals surface area contributed by atoms with Gasteiger partial charge in [-0.1, -0.05) is 13.3 Å². The second-order valence-electron chi connectivity index (χ2n) is 5.07. The highest BCUT2D eigenvalue weighted by Crippen LogP contribution is 2.25. The summed E-state index contributed by atoms with van der Waals surface area (Å²) in [5.74, 6) is -0.0420. The Morgan fingerprint density at radius 3 is 2.65 bits per heavy atom. The number of hydrogen-bond donors (Lipinski definition) is 1. The zero-order valence-electron chi connectivity index (χ0n) is 12.7. The monoisotopic (exact) mass is 291 g/mol. The lowest BCUT2D eigenvalue weighted by atomic mass is 10.1. The minimum Gasteiger partial charge on any atom is -0.318 e. The number of aromatic nitrogens is 2. The van der Waals surface area contributed by atoms with Crippen LogP contribution in [-0.4, -0.2) is 15.7 Å². The van der Waals surface area contributed by atoms with Gasteiger partial charge in [0, 0.05) is 11.9 Å². The molecule has 20 heavy (non-hydrogen) atoms. The van der Waals surface area contributed by atoms with Gasteiger partial charge in [-0.25, -0.2) is 0 Å². The highest BCUT2D eigenvalue weighted by atomic mass is 32.1. The Morgan fingerprint density at radius 1 is 1.40 bits per heavy atom. The van der Waals surface area contributed by atoms with E-state index in [2.05, 4.69) is 24.3 Å². The van der Waals surface area contributed by atoms with Gasteiger partial charge in [0.05, 0.1) is 22.0 Å². The molecular weight excluding hydrogens is 270 g/mol. The number of rotatable bonds is 4. The van der Waals surface area contributed by atoms with Crippen LogP contribution in [0.15, 0.2) is 6.07 Å². The molecule has 1 N–H and O–H groups in total. The zero-order valence-corrected chi connectivity index (χ0v) is 13.5. The first kappa shape index (κ1) is 14.8. The molecule has 2 rings (SSSR count). The third-order valence-corrected chi connectivity index (χ3v) is 4.60. The van der Waals surface area contributed by atoms with E-state index >= 15 is 0 Å². The van der Waals surface area contributed by atoms with Crippen molar-refractivity contribution in [1.82, 2.24) is 9.78 Å². The molecule has 0 unspecified atom stereocenters. The number of anilines is 1. The van der Waals surface area contributed by atoms with Crippen LogP contribution >= 0.6 is 11.3 Å². The fourth-order valence-corrected chi connectivity index (χ4v) is 3.25. The van der Waals surface area contributed by atoms with E-state index in [1.807, 2.05) is 27.0 Å². The van der Waals surface area contributed by atoms with Crippen LogP contribution < -0.4 is 5.32 Å². The molecule has 0 aromatic carbocycles. The zero-order chi connectivity index (χ0) is 14.9. The second kappa shape index (κ2) is 5.79. The van der Waals surface area contributed by atoms with Crippen molar-refractivity contribution in [2.75, 3.05) is 5.32 Å². The van der Waals surface area contributed by atoms with Gasteiger partial charge in [-0.2, -0.15) is 5.10 Å². The smallest absolute Gasteiger partial charge is 0.265 e. The number of aryl methyl sites for hydroxylation is 4. The molecule has 108 valence electrons. The molecule has 0 aliphatic heterocycles. The highest BCUT2D eigenvalue weighted by Gasteiger charge is 2.16. The first-order valence-corrected chi connectivity index (χ1v) is 7.66. The summed E-state index contributed by atoms with van der Waals surface area (Å²) in [6, 6.07) is 2.01. The molecular formula is C15H21N3OS. The summed E-state index contributed by atoms with van der Waals surface area (Å²) < 4.78 is 1.78. The van der Waals surface area contributed by atoms with Crippen molar-refractivity contribution in [3.05, 3.63) is 32.8 Å². The van der Waals surface area contributed by atoms with E-state index in [9.17, 15) is 4.79 Å². The van der Waals surface area contributed by atoms with Crippen LogP contribution in [0.25, 0.3) is 0 Å². The standard InChI is InChI=1S/C15H21N3OS/c1-6-7-12-8-13(20-11(12)4)15(19)16-14-9(2)17-18(5)10(14)3/h8H,6-7H2,1-5H3,(H,16,19). The lowest BCUT2D eigenvalue weighted by Gasteiger charge is -2.03. The van der Waals surface area contributed by atoms with Crippen molar-refractivity contribution >= 4 is 22.9 Å². The molecule has 0 fully saturated rings. The van der Waals surface area contributed by atoms with E-state index in [-0.39, 0.29) is 5.91 Å². The van der Waals surface area contributed by atoms with Gasteiger partial charge in [0.15, 0.2) is 0 Å². The van der Waals surface area contributed by atoms with Crippen molar-refractivity contribution < 1.29 is 4.79 Å². The molecule has 0 aliphatic carbocycles. The Balaban J connectivity index is 2.22. The molecule has 0 spiro atoms. The number of amides is 1. The SMILES string of the molecule is CCCc1cc(C(=O)Nc2c(C)nn(C)c2C)sc1C. The molecule has 2 heterocycles. The van der Waals surface area contributed by atoms with Gasteiger partial charge in [-0.15, -0.1) is 11.3 Å². The summed E-state index contributed by atoms with van der Waals surface area (Å²) in [5, 5.41) is 7.30. The van der Waals surface area contributed by atoms with E-state index in [1.165, 1.54) is 10.4 Å². The normalized spacial score (nSPS) is 10.8. The van der Waals surface area contributed by atoms with Crippen molar-refractivity contribution in [3.63, 3.8) is 0 Å². The molecule has 0 atom stereocenters. The number of carbonyl (C=O) groups excluding carboxylic acids is 1. The minimum absolute atomic E-state index is 0.0420. The van der Waals surface area contributed by atoms with Crippen LogP contribution in [0.3, 0.4) is 0 Å². The molecule has 0 bridgehead atoms. The molecule has 2 aromatic rings. The fraction of sp³-hybridized carbons (Fsp3) is 0.467. The van der Waals surface area contributed by atoms with E-state index in [1.54, 1.807) is 16.0 Å². The quantitative estimate of drug-likeness (QED) is 0.935. The summed E-state index contributed by atoms with van der Waals surface area (Å²) in [6.45, 7) is 8.09. The van der Waals surface area contributed by atoms with Crippen molar-refractivity contribution in [3.8, 4) is 0 Å². The van der Waals surface area contributed by atoms with Gasteiger partial charge in [0.25, 0.3) is 5.91 Å². The van der Waals surface area contributed by atoms with E-state index in [0.29, 0.717) is 0 Å². The van der Waals surface area contributed by atoms with Gasteiger partial charge < -0.3 is 5.32 Å². The van der Waals surface area contributed by atoms with Crippen LogP contribution in [0.4, 0.5) is 5.69 Å². The topological polar surface area (TPSA) is 46.9 Å². The van der Waals surface area contributed by atoms with Crippen molar-refractivity contribution in [2.24, 2.45) is 7.05 Å². The number of carbonyl (C=O) groups is 1. The van der Waals surface area contributed by atoms with Gasteiger partial charge in [-0.3, -0.25) is 9.48 Å². The minimum atomic E-state index is -0.0420. The van der Waals surface area contributed by atoms with Crippen LogP contribution in [0, 0.1) is 20.8 Å². The first-order chi connectivity index (χ1) is 9.43. The van der Waals surface area contributed by atoms with Crippen molar-refractivity contribution in [2.45, 2.75) is 40.5 Å². The molecule has 5 heteroatoms. The lowest BCUT2D eigenvalue weighted by molar-refractivity contribution is 0.103. The number of nitrogens with one attached hydrogen (secondary N) is 1. The Kier molecular flexibility index (Phi) is 4.28. The Bertz CT molecular complexity index is 640. The predicted octanol–water partition coefficient (Wildman–Crippen LogP) is 3.61. The molecule has 0 saturated heterocycles. The first-order valence-electron chi connectivity index (χ1n) is 6.84. The van der Waals surface area contributed by atoms with Crippen LogP contribution in [0.5, 0.6) is 0 Å². The van der Waals surface area contributed by atoms with E-state index in [4.69, 9.17) is 0 Å². The molecule has 1 amide bonds. The molecule has 0 aliphatic rings. The maximum atomic E-state index is 12.4. The predicted molar refractivity (Wildman–Crippen MR) is 83.7 cm³/mol. The second-order valence-corrected chi connectivity index (χ2v) is 6.32. The largest absolute Gasteiger partial charge is 0.318 e. The molecule has 4 nitrogen and oxygen atoms in total. The number of thiophene rings is 1. The third kappa shape index (κ3) is 2.77. The van der Waals surface area contributed by atoms with Crippen LogP contribution in [-0.2, 0) is 13.5 Å². The van der Waals surface area contributed by atoms with E-state index in [0.717, 1.165) is 34.8 Å². The van der Waals surface area contributed by atoms with Crippen molar-refractivity contribution in [1.29, 1.82) is 0 Å². The summed E-state index contributed by atoms with van der Waals surface area (Å²) in [7, 11) is 1.88. The fourth-order valence-electron chi connectivity index (χ4n) is 2.28. The van der Waals surface area contributed by atoms with E-state index < -0.39 is 0 Å². The summed E-state index contributed by atoms with van der Waals surface area (Å²) in [5.41, 5.74) is 3.92. The molecule has 0 saturated carbocycles. The maximum Gasteiger partial charge on any atom is 0.265 e. The number of hydrogen-bond acceptors (Lipinski definition) is 3. The highest BCUT2D eigenvalue weighted by molar-refractivity contribution is 7.14.